The average molecular weight is 469 g/mol. The number of anilines is 1. The maximum atomic E-state index is 13.4. The maximum absolute atomic E-state index is 13.4. The van der Waals surface area contributed by atoms with E-state index < -0.39 is 0 Å². The number of imide groups is 1. The van der Waals surface area contributed by atoms with Crippen LogP contribution in [0.25, 0.3) is 5.57 Å². The summed E-state index contributed by atoms with van der Waals surface area (Å²) in [6.07, 6.45) is 1.46. The summed E-state index contributed by atoms with van der Waals surface area (Å²) in [5.74, 6) is 1.07. The number of nitrogens with one attached hydrogen (secondary N) is 1. The molecule has 1 N–H and O–H groups in total. The molecule has 0 saturated heterocycles. The number of nitrogens with zero attached hydrogens (tertiary/aromatic N) is 1. The van der Waals surface area contributed by atoms with Gasteiger partial charge in [-0.1, -0.05) is 19.1 Å². The molecule has 8 nitrogen and oxygen atoms in total. The van der Waals surface area contributed by atoms with Crippen molar-refractivity contribution in [3.05, 3.63) is 53.7 Å². The van der Waals surface area contributed by atoms with Crippen LogP contribution in [0.2, 0.25) is 0 Å². The third kappa shape index (κ3) is 5.69. The van der Waals surface area contributed by atoms with E-state index in [4.69, 9.17) is 18.9 Å². The van der Waals surface area contributed by atoms with Crippen molar-refractivity contribution >= 4 is 23.1 Å². The van der Waals surface area contributed by atoms with Gasteiger partial charge in [0.05, 0.1) is 26.4 Å². The minimum atomic E-state index is -0.377. The lowest BCUT2D eigenvalue weighted by Gasteiger charge is -2.15. The Hall–Kier alpha value is -3.52. The van der Waals surface area contributed by atoms with Gasteiger partial charge >= 0.3 is 0 Å². The summed E-state index contributed by atoms with van der Waals surface area (Å²) >= 11 is 0. The number of carbonyl (C=O) groups is 2. The van der Waals surface area contributed by atoms with Gasteiger partial charge in [-0.25, -0.2) is 0 Å². The Labute approximate surface area is 200 Å². The van der Waals surface area contributed by atoms with Crippen LogP contribution in [-0.4, -0.2) is 57.3 Å². The van der Waals surface area contributed by atoms with E-state index >= 15 is 0 Å². The number of rotatable bonds is 13. The fourth-order valence-corrected chi connectivity index (χ4v) is 3.63. The standard InChI is InChI=1S/C26H32N2O6/c1-5-15-34-20-11-8-18(9-12-20)23-24(26(30)28(25(23)29)14-7-16-33-6-2)27-19-10-13-21(31-3)22(17-19)32-4/h8-13,17,27H,5-7,14-16H2,1-4H3. The van der Waals surface area contributed by atoms with Gasteiger partial charge in [0.15, 0.2) is 11.5 Å². The highest BCUT2D eigenvalue weighted by Crippen LogP contribution is 2.34. The largest absolute Gasteiger partial charge is 0.494 e. The molecule has 1 aliphatic rings. The van der Waals surface area contributed by atoms with E-state index in [0.717, 1.165) is 6.42 Å². The highest BCUT2D eigenvalue weighted by Gasteiger charge is 2.39. The van der Waals surface area contributed by atoms with Gasteiger partial charge in [0.2, 0.25) is 0 Å². The normalized spacial score (nSPS) is 13.5. The van der Waals surface area contributed by atoms with Gasteiger partial charge in [0, 0.05) is 31.5 Å². The van der Waals surface area contributed by atoms with E-state index in [-0.39, 0.29) is 24.1 Å². The number of hydrogen-bond donors (Lipinski definition) is 1. The van der Waals surface area contributed by atoms with Gasteiger partial charge < -0.3 is 24.3 Å². The second-order valence-electron chi connectivity index (χ2n) is 7.63. The minimum absolute atomic E-state index is 0.218. The van der Waals surface area contributed by atoms with Crippen molar-refractivity contribution < 1.29 is 28.5 Å². The topological polar surface area (TPSA) is 86.3 Å². The minimum Gasteiger partial charge on any atom is -0.494 e. The van der Waals surface area contributed by atoms with Crippen LogP contribution in [0.1, 0.15) is 32.3 Å². The third-order valence-electron chi connectivity index (χ3n) is 5.31. The molecule has 0 atom stereocenters. The molecule has 3 rings (SSSR count). The molecule has 2 aromatic rings. The Balaban J connectivity index is 1.94. The van der Waals surface area contributed by atoms with Crippen molar-refractivity contribution in [3.8, 4) is 17.2 Å². The average Bonchev–Trinajstić information content (AvgIpc) is 3.09. The van der Waals surface area contributed by atoms with Crippen molar-refractivity contribution in [2.24, 2.45) is 0 Å². The molecule has 0 spiro atoms. The molecule has 0 fully saturated rings. The summed E-state index contributed by atoms with van der Waals surface area (Å²) in [5, 5.41) is 3.15. The van der Waals surface area contributed by atoms with Crippen molar-refractivity contribution in [1.29, 1.82) is 0 Å². The summed E-state index contributed by atoms with van der Waals surface area (Å²) in [6.45, 7) is 5.89. The van der Waals surface area contributed by atoms with Crippen LogP contribution in [0.15, 0.2) is 48.2 Å². The molecule has 1 heterocycles. The first-order chi connectivity index (χ1) is 16.5. The zero-order valence-electron chi connectivity index (χ0n) is 20.2. The lowest BCUT2D eigenvalue weighted by molar-refractivity contribution is -0.137. The summed E-state index contributed by atoms with van der Waals surface area (Å²) in [5.41, 5.74) is 1.77. The Morgan fingerprint density at radius 3 is 2.26 bits per heavy atom. The van der Waals surface area contributed by atoms with Gasteiger partial charge in [-0.15, -0.1) is 0 Å². The fraction of sp³-hybridized carbons (Fsp3) is 0.385. The zero-order valence-corrected chi connectivity index (χ0v) is 20.2. The Bertz CT molecular complexity index is 1030. The van der Waals surface area contributed by atoms with Gasteiger partial charge in [-0.3, -0.25) is 14.5 Å². The van der Waals surface area contributed by atoms with Gasteiger partial charge in [-0.05, 0) is 49.6 Å². The van der Waals surface area contributed by atoms with Crippen molar-refractivity contribution in [1.82, 2.24) is 4.90 Å². The highest BCUT2D eigenvalue weighted by atomic mass is 16.5. The number of ether oxygens (including phenoxy) is 4. The lowest BCUT2D eigenvalue weighted by atomic mass is 10.0. The first-order valence-corrected chi connectivity index (χ1v) is 11.4. The maximum Gasteiger partial charge on any atom is 0.278 e. The van der Waals surface area contributed by atoms with Crippen LogP contribution < -0.4 is 19.5 Å². The monoisotopic (exact) mass is 468 g/mol. The second kappa shape index (κ2) is 12.1. The highest BCUT2D eigenvalue weighted by molar-refractivity contribution is 6.36. The van der Waals surface area contributed by atoms with Crippen LogP contribution in [0.3, 0.4) is 0 Å². The van der Waals surface area contributed by atoms with E-state index in [1.54, 1.807) is 44.6 Å². The summed E-state index contributed by atoms with van der Waals surface area (Å²) < 4.78 is 21.7. The van der Waals surface area contributed by atoms with Crippen molar-refractivity contribution in [2.75, 3.05) is 45.9 Å². The Morgan fingerprint density at radius 2 is 1.62 bits per heavy atom. The number of hydrogen-bond acceptors (Lipinski definition) is 7. The molecule has 182 valence electrons. The van der Waals surface area contributed by atoms with Gasteiger partial charge in [0.1, 0.15) is 11.4 Å². The Morgan fingerprint density at radius 1 is 0.882 bits per heavy atom. The van der Waals surface area contributed by atoms with Gasteiger partial charge in [0.25, 0.3) is 11.8 Å². The summed E-state index contributed by atoms with van der Waals surface area (Å²) in [7, 11) is 3.09. The third-order valence-corrected chi connectivity index (χ3v) is 5.31. The van der Waals surface area contributed by atoms with Crippen LogP contribution in [0.4, 0.5) is 5.69 Å². The molecule has 34 heavy (non-hydrogen) atoms. The van der Waals surface area contributed by atoms with Crippen LogP contribution in [-0.2, 0) is 14.3 Å². The second-order valence-corrected chi connectivity index (χ2v) is 7.63. The molecule has 0 aromatic heterocycles. The first-order valence-electron chi connectivity index (χ1n) is 11.4. The number of carbonyl (C=O) groups excluding carboxylic acids is 2. The molecule has 8 heteroatoms. The summed E-state index contributed by atoms with van der Waals surface area (Å²) in [4.78, 5) is 27.9. The molecule has 0 bridgehead atoms. The van der Waals surface area contributed by atoms with E-state index in [9.17, 15) is 9.59 Å². The molecule has 2 aromatic carbocycles. The number of benzene rings is 2. The van der Waals surface area contributed by atoms with Crippen molar-refractivity contribution in [3.63, 3.8) is 0 Å². The van der Waals surface area contributed by atoms with Crippen LogP contribution in [0.5, 0.6) is 17.2 Å². The predicted octanol–water partition coefficient (Wildman–Crippen LogP) is 4.11. The van der Waals surface area contributed by atoms with Gasteiger partial charge in [-0.2, -0.15) is 0 Å². The fourth-order valence-electron chi connectivity index (χ4n) is 3.63. The number of methoxy groups -OCH3 is 2. The zero-order chi connectivity index (χ0) is 24.5. The number of amides is 2. The predicted molar refractivity (Wildman–Crippen MR) is 130 cm³/mol. The van der Waals surface area contributed by atoms with E-state index in [2.05, 4.69) is 5.32 Å². The van der Waals surface area contributed by atoms with Crippen molar-refractivity contribution in [2.45, 2.75) is 26.7 Å². The summed E-state index contributed by atoms with van der Waals surface area (Å²) in [6, 6.07) is 12.4. The van der Waals surface area contributed by atoms with E-state index in [0.29, 0.717) is 60.3 Å². The Kier molecular flexibility index (Phi) is 8.93. The molecule has 2 amide bonds. The van der Waals surface area contributed by atoms with Crippen LogP contribution >= 0.6 is 0 Å². The first kappa shape index (κ1) is 25.1. The molecule has 0 saturated carbocycles. The van der Waals surface area contributed by atoms with Crippen LogP contribution in [0, 0.1) is 0 Å². The molecule has 0 aliphatic carbocycles. The molecule has 1 aliphatic heterocycles. The van der Waals surface area contributed by atoms with E-state index in [1.807, 2.05) is 26.0 Å². The molecule has 0 unspecified atom stereocenters. The SMILES string of the molecule is CCCOc1ccc(C2=C(Nc3ccc(OC)c(OC)c3)C(=O)N(CCCOCC)C2=O)cc1. The quantitative estimate of drug-likeness (QED) is 0.350. The molecular weight excluding hydrogens is 436 g/mol. The molecule has 0 radical (unpaired) electrons. The lowest BCUT2D eigenvalue weighted by Crippen LogP contribution is -2.34. The molecular formula is C26H32N2O6. The van der Waals surface area contributed by atoms with E-state index in [1.165, 1.54) is 4.90 Å². The smallest absolute Gasteiger partial charge is 0.278 e.